The number of nitrogens with one attached hydrogen (secondary N) is 1. The van der Waals surface area contributed by atoms with Crippen LogP contribution in [0.4, 0.5) is 10.1 Å². The zero-order chi connectivity index (χ0) is 10.4. The van der Waals surface area contributed by atoms with Crippen LogP contribution in [0.5, 0.6) is 5.75 Å². The highest BCUT2D eigenvalue weighted by Gasteiger charge is 2.01. The SMILES string of the molecule is COc1ccc(NC/C=C/Cl)cc1F. The minimum atomic E-state index is -0.382. The van der Waals surface area contributed by atoms with E-state index >= 15 is 0 Å². The predicted molar refractivity (Wildman–Crippen MR) is 56.4 cm³/mol. The van der Waals surface area contributed by atoms with Gasteiger partial charge in [0.1, 0.15) is 0 Å². The molecule has 1 N–H and O–H groups in total. The fourth-order valence-electron chi connectivity index (χ4n) is 0.998. The summed E-state index contributed by atoms with van der Waals surface area (Å²) in [6, 6.07) is 4.69. The number of ether oxygens (including phenoxy) is 1. The Labute approximate surface area is 87.3 Å². The first-order valence-corrected chi connectivity index (χ1v) is 4.54. The fourth-order valence-corrected chi connectivity index (χ4v) is 1.09. The first kappa shape index (κ1) is 10.9. The number of rotatable bonds is 4. The third-order valence-corrected chi connectivity index (χ3v) is 1.84. The Hall–Kier alpha value is -1.22. The molecule has 0 spiro atoms. The van der Waals surface area contributed by atoms with Crippen molar-refractivity contribution < 1.29 is 9.13 Å². The van der Waals surface area contributed by atoms with Gasteiger partial charge in [-0.05, 0) is 12.1 Å². The third kappa shape index (κ3) is 2.92. The van der Waals surface area contributed by atoms with Crippen molar-refractivity contribution in [3.8, 4) is 5.75 Å². The molecule has 0 saturated heterocycles. The van der Waals surface area contributed by atoms with Crippen molar-refractivity contribution in [2.24, 2.45) is 0 Å². The Morgan fingerprint density at radius 3 is 2.93 bits per heavy atom. The molecule has 2 nitrogen and oxygen atoms in total. The van der Waals surface area contributed by atoms with Crippen molar-refractivity contribution in [1.82, 2.24) is 0 Å². The van der Waals surface area contributed by atoms with Gasteiger partial charge >= 0.3 is 0 Å². The summed E-state index contributed by atoms with van der Waals surface area (Å²) in [6.45, 7) is 0.565. The van der Waals surface area contributed by atoms with Gasteiger partial charge in [-0.3, -0.25) is 0 Å². The lowest BCUT2D eigenvalue weighted by atomic mass is 10.3. The smallest absolute Gasteiger partial charge is 0.167 e. The van der Waals surface area contributed by atoms with E-state index < -0.39 is 0 Å². The molecule has 1 rings (SSSR count). The van der Waals surface area contributed by atoms with Crippen LogP contribution in [-0.2, 0) is 0 Å². The topological polar surface area (TPSA) is 21.3 Å². The molecule has 0 radical (unpaired) electrons. The molecule has 14 heavy (non-hydrogen) atoms. The Kier molecular flexibility index (Phi) is 4.26. The van der Waals surface area contributed by atoms with E-state index in [2.05, 4.69) is 5.32 Å². The monoisotopic (exact) mass is 215 g/mol. The third-order valence-electron chi connectivity index (χ3n) is 1.66. The maximum absolute atomic E-state index is 13.2. The van der Waals surface area contributed by atoms with Crippen molar-refractivity contribution in [2.75, 3.05) is 19.0 Å². The minimum absolute atomic E-state index is 0.239. The fraction of sp³-hybridized carbons (Fsp3) is 0.200. The second-order valence-electron chi connectivity index (χ2n) is 2.59. The molecule has 0 atom stereocenters. The number of benzene rings is 1. The van der Waals surface area contributed by atoms with Crippen molar-refractivity contribution in [2.45, 2.75) is 0 Å². The molecule has 1 aromatic carbocycles. The first-order valence-electron chi connectivity index (χ1n) is 4.10. The van der Waals surface area contributed by atoms with Gasteiger partial charge in [0.15, 0.2) is 11.6 Å². The number of halogens is 2. The van der Waals surface area contributed by atoms with Gasteiger partial charge < -0.3 is 10.1 Å². The summed E-state index contributed by atoms with van der Waals surface area (Å²) in [5.74, 6) is -0.143. The summed E-state index contributed by atoms with van der Waals surface area (Å²) in [5.41, 5.74) is 2.10. The second-order valence-corrected chi connectivity index (χ2v) is 2.84. The Balaban J connectivity index is 2.66. The van der Waals surface area contributed by atoms with E-state index in [-0.39, 0.29) is 11.6 Å². The van der Waals surface area contributed by atoms with Crippen LogP contribution in [0.1, 0.15) is 0 Å². The summed E-state index contributed by atoms with van der Waals surface area (Å²) in [4.78, 5) is 0. The molecule has 0 aromatic heterocycles. The average Bonchev–Trinajstić information content (AvgIpc) is 2.18. The van der Waals surface area contributed by atoms with Crippen molar-refractivity contribution in [1.29, 1.82) is 0 Å². The van der Waals surface area contributed by atoms with Gasteiger partial charge in [-0.25, -0.2) is 4.39 Å². The number of hydrogen-bond donors (Lipinski definition) is 1. The summed E-state index contributed by atoms with van der Waals surface area (Å²) < 4.78 is 17.9. The van der Waals surface area contributed by atoms with E-state index in [1.54, 1.807) is 18.2 Å². The minimum Gasteiger partial charge on any atom is -0.494 e. The van der Waals surface area contributed by atoms with Crippen LogP contribution in [0.15, 0.2) is 29.8 Å². The lowest BCUT2D eigenvalue weighted by Gasteiger charge is -2.05. The van der Waals surface area contributed by atoms with Crippen molar-refractivity contribution >= 4 is 17.3 Å². The molecule has 0 aliphatic carbocycles. The molecular weight excluding hydrogens is 205 g/mol. The lowest BCUT2D eigenvalue weighted by Crippen LogP contribution is -1.98. The highest BCUT2D eigenvalue weighted by atomic mass is 35.5. The average molecular weight is 216 g/mol. The van der Waals surface area contributed by atoms with Crippen LogP contribution in [0.2, 0.25) is 0 Å². The molecule has 0 saturated carbocycles. The molecule has 0 fully saturated rings. The maximum Gasteiger partial charge on any atom is 0.167 e. The quantitative estimate of drug-likeness (QED) is 0.834. The van der Waals surface area contributed by atoms with E-state index in [0.29, 0.717) is 12.2 Å². The summed E-state index contributed by atoms with van der Waals surface area (Å²) >= 11 is 5.33. The van der Waals surface area contributed by atoms with Gasteiger partial charge in [0.25, 0.3) is 0 Å². The van der Waals surface area contributed by atoms with Crippen LogP contribution >= 0.6 is 11.6 Å². The highest BCUT2D eigenvalue weighted by molar-refractivity contribution is 6.25. The maximum atomic E-state index is 13.2. The first-order chi connectivity index (χ1) is 6.77. The Morgan fingerprint density at radius 2 is 2.36 bits per heavy atom. The van der Waals surface area contributed by atoms with Crippen molar-refractivity contribution in [3.05, 3.63) is 35.6 Å². The Bertz CT molecular complexity index is 328. The number of anilines is 1. The van der Waals surface area contributed by atoms with E-state index in [4.69, 9.17) is 16.3 Å². The predicted octanol–water partition coefficient (Wildman–Crippen LogP) is 3.00. The molecule has 0 amide bonds. The van der Waals surface area contributed by atoms with Gasteiger partial charge in [0, 0.05) is 23.8 Å². The van der Waals surface area contributed by atoms with Crippen LogP contribution in [0.3, 0.4) is 0 Å². The molecule has 0 bridgehead atoms. The van der Waals surface area contributed by atoms with Gasteiger partial charge in [-0.15, -0.1) is 0 Å². The highest BCUT2D eigenvalue weighted by Crippen LogP contribution is 2.20. The molecule has 1 aromatic rings. The molecule has 4 heteroatoms. The number of hydrogen-bond acceptors (Lipinski definition) is 2. The van der Waals surface area contributed by atoms with Crippen LogP contribution < -0.4 is 10.1 Å². The summed E-state index contributed by atoms with van der Waals surface area (Å²) in [7, 11) is 1.43. The summed E-state index contributed by atoms with van der Waals surface area (Å²) in [6.07, 6.45) is 1.73. The van der Waals surface area contributed by atoms with Gasteiger partial charge in [-0.2, -0.15) is 0 Å². The second kappa shape index (κ2) is 5.50. The van der Waals surface area contributed by atoms with E-state index in [9.17, 15) is 4.39 Å². The standard InChI is InChI=1S/C10H11ClFNO/c1-14-10-4-3-8(7-9(10)12)13-6-2-5-11/h2-5,7,13H,6H2,1H3/b5-2+. The van der Waals surface area contributed by atoms with Gasteiger partial charge in [0.05, 0.1) is 7.11 Å². The zero-order valence-corrected chi connectivity index (χ0v) is 8.51. The number of methoxy groups -OCH3 is 1. The van der Waals surface area contributed by atoms with Crippen LogP contribution in [0, 0.1) is 5.82 Å². The molecule has 0 heterocycles. The lowest BCUT2D eigenvalue weighted by molar-refractivity contribution is 0.386. The zero-order valence-electron chi connectivity index (χ0n) is 7.76. The molecular formula is C10H11ClFNO. The summed E-state index contributed by atoms with van der Waals surface area (Å²) in [5, 5.41) is 2.97. The normalized spacial score (nSPS) is 10.5. The Morgan fingerprint density at radius 1 is 1.57 bits per heavy atom. The van der Waals surface area contributed by atoms with E-state index in [1.165, 1.54) is 18.7 Å². The van der Waals surface area contributed by atoms with Gasteiger partial charge in [-0.1, -0.05) is 17.7 Å². The van der Waals surface area contributed by atoms with Crippen LogP contribution in [-0.4, -0.2) is 13.7 Å². The van der Waals surface area contributed by atoms with E-state index in [1.807, 2.05) is 0 Å². The van der Waals surface area contributed by atoms with Gasteiger partial charge in [0.2, 0.25) is 0 Å². The molecule has 76 valence electrons. The molecule has 0 aliphatic heterocycles. The molecule has 0 aliphatic rings. The molecule has 0 unspecified atom stereocenters. The van der Waals surface area contributed by atoms with E-state index in [0.717, 1.165) is 0 Å². The van der Waals surface area contributed by atoms with Crippen LogP contribution in [0.25, 0.3) is 0 Å². The van der Waals surface area contributed by atoms with Crippen molar-refractivity contribution in [3.63, 3.8) is 0 Å². The largest absolute Gasteiger partial charge is 0.494 e.